The molecular formula is C30H36N4O4. The molecule has 1 unspecified atom stereocenters. The van der Waals surface area contributed by atoms with E-state index in [2.05, 4.69) is 15.6 Å². The largest absolute Gasteiger partial charge is 0.507 e. The minimum Gasteiger partial charge on any atom is -0.507 e. The number of phenols is 1. The summed E-state index contributed by atoms with van der Waals surface area (Å²) < 4.78 is 6.10. The van der Waals surface area contributed by atoms with Crippen molar-refractivity contribution in [3.05, 3.63) is 51.8 Å². The van der Waals surface area contributed by atoms with Crippen molar-refractivity contribution in [2.24, 2.45) is 5.92 Å². The first-order chi connectivity index (χ1) is 18.6. The van der Waals surface area contributed by atoms with Crippen molar-refractivity contribution in [3.63, 3.8) is 0 Å². The van der Waals surface area contributed by atoms with E-state index in [-0.39, 0.29) is 29.2 Å². The molecule has 1 amide bonds. The van der Waals surface area contributed by atoms with Crippen LogP contribution in [0, 0.1) is 5.92 Å². The van der Waals surface area contributed by atoms with Crippen molar-refractivity contribution in [2.75, 3.05) is 19.7 Å². The number of fused-ring (bicyclic) bond motifs is 1. The van der Waals surface area contributed by atoms with Crippen LogP contribution in [0.25, 0.3) is 22.3 Å². The number of piperidine rings is 1. The number of nitrogens with one attached hydrogen (secondary N) is 3. The minimum atomic E-state index is -0.453. The van der Waals surface area contributed by atoms with Gasteiger partial charge in [0.2, 0.25) is 0 Å². The summed E-state index contributed by atoms with van der Waals surface area (Å²) in [5.74, 6) is 1.10. The van der Waals surface area contributed by atoms with Crippen LogP contribution >= 0.6 is 0 Å². The van der Waals surface area contributed by atoms with Gasteiger partial charge in [0.25, 0.3) is 11.5 Å². The number of ether oxygens (including phenoxy) is 1. The number of rotatable bonds is 7. The Hall–Kier alpha value is -3.39. The molecule has 1 saturated heterocycles. The van der Waals surface area contributed by atoms with Gasteiger partial charge >= 0.3 is 0 Å². The van der Waals surface area contributed by atoms with E-state index >= 15 is 0 Å². The Morgan fingerprint density at radius 2 is 1.92 bits per heavy atom. The molecule has 0 bridgehead atoms. The smallest absolute Gasteiger partial charge is 0.262 e. The molecule has 0 radical (unpaired) electrons. The number of H-pyrrole nitrogens is 1. The van der Waals surface area contributed by atoms with Crippen molar-refractivity contribution < 1.29 is 14.6 Å². The van der Waals surface area contributed by atoms with Gasteiger partial charge in [-0.3, -0.25) is 9.59 Å². The maximum Gasteiger partial charge on any atom is 0.262 e. The van der Waals surface area contributed by atoms with Gasteiger partial charge in [-0.25, -0.2) is 4.98 Å². The summed E-state index contributed by atoms with van der Waals surface area (Å²) >= 11 is 0. The zero-order chi connectivity index (χ0) is 26.1. The standard InChI is InChI=1S/C30H36N4O4/c35-25-9-4-10-26(38-17-18-11-12-18)27(25)24-15-21(19-6-5-13-31-16-19)22-14-23(30(37)34-28(22)33-24)29(36)32-20-7-2-1-3-8-20/h4,9-10,14-15,18-20,31,35H,1-3,5-8,11-13,16-17H2,(H,32,36)(H,33,34,37). The van der Waals surface area contributed by atoms with E-state index in [1.54, 1.807) is 18.2 Å². The summed E-state index contributed by atoms with van der Waals surface area (Å²) in [6.07, 6.45) is 9.65. The quantitative estimate of drug-likeness (QED) is 0.364. The fraction of sp³-hybridized carbons (Fsp3) is 0.500. The number of amides is 1. The SMILES string of the molecule is O=C(NC1CCCCC1)c1cc2c(C3CCCNC3)cc(-c3c(O)cccc3OCC3CC3)nc2[nH]c1=O. The Balaban J connectivity index is 1.43. The van der Waals surface area contributed by atoms with Crippen molar-refractivity contribution in [1.29, 1.82) is 0 Å². The number of aromatic amines is 1. The van der Waals surface area contributed by atoms with Gasteiger partial charge in [0.15, 0.2) is 0 Å². The van der Waals surface area contributed by atoms with Gasteiger partial charge in [0.1, 0.15) is 22.7 Å². The number of aromatic nitrogens is 2. The third-order valence-electron chi connectivity index (χ3n) is 8.21. The maximum atomic E-state index is 13.2. The van der Waals surface area contributed by atoms with E-state index < -0.39 is 5.56 Å². The average molecular weight is 517 g/mol. The van der Waals surface area contributed by atoms with Gasteiger partial charge in [-0.2, -0.15) is 0 Å². The zero-order valence-corrected chi connectivity index (χ0v) is 21.7. The third kappa shape index (κ3) is 5.27. The first-order valence-corrected chi connectivity index (χ1v) is 14.1. The second-order valence-electron chi connectivity index (χ2n) is 11.1. The molecule has 2 aliphatic carbocycles. The molecule has 3 aromatic rings. The molecule has 1 atom stereocenters. The molecule has 4 N–H and O–H groups in total. The Labute approximate surface area is 222 Å². The van der Waals surface area contributed by atoms with Crippen LogP contribution < -0.4 is 20.9 Å². The Morgan fingerprint density at radius 1 is 1.08 bits per heavy atom. The Bertz CT molecular complexity index is 1380. The van der Waals surface area contributed by atoms with Crippen LogP contribution in [0.2, 0.25) is 0 Å². The van der Waals surface area contributed by atoms with Crippen LogP contribution in [0.3, 0.4) is 0 Å². The second-order valence-corrected chi connectivity index (χ2v) is 11.1. The molecule has 0 spiro atoms. The lowest BCUT2D eigenvalue weighted by Gasteiger charge is -2.25. The molecule has 38 heavy (non-hydrogen) atoms. The van der Waals surface area contributed by atoms with E-state index in [0.29, 0.717) is 35.2 Å². The van der Waals surface area contributed by atoms with Crippen LogP contribution in [0.15, 0.2) is 35.1 Å². The van der Waals surface area contributed by atoms with Gasteiger partial charge < -0.3 is 25.5 Å². The first-order valence-electron chi connectivity index (χ1n) is 14.1. The van der Waals surface area contributed by atoms with Gasteiger partial charge in [-0.1, -0.05) is 25.3 Å². The van der Waals surface area contributed by atoms with Gasteiger partial charge in [-0.15, -0.1) is 0 Å². The van der Waals surface area contributed by atoms with E-state index in [4.69, 9.17) is 9.72 Å². The molecule has 3 heterocycles. The molecule has 3 fully saturated rings. The van der Waals surface area contributed by atoms with E-state index in [0.717, 1.165) is 62.6 Å². The number of hydrogen-bond donors (Lipinski definition) is 4. The number of carbonyl (C=O) groups is 1. The number of nitrogens with zero attached hydrogens (tertiary/aromatic N) is 1. The lowest BCUT2D eigenvalue weighted by Crippen LogP contribution is -2.38. The minimum absolute atomic E-state index is 0.0868. The van der Waals surface area contributed by atoms with Crippen LogP contribution in [-0.4, -0.2) is 46.7 Å². The fourth-order valence-corrected chi connectivity index (χ4v) is 5.86. The predicted molar refractivity (Wildman–Crippen MR) is 147 cm³/mol. The summed E-state index contributed by atoms with van der Waals surface area (Å²) in [6, 6.07) is 9.08. The van der Waals surface area contributed by atoms with Gasteiger partial charge in [0.05, 0.1) is 17.9 Å². The zero-order valence-electron chi connectivity index (χ0n) is 21.7. The molecule has 200 valence electrons. The maximum absolute atomic E-state index is 13.2. The number of aromatic hydroxyl groups is 1. The number of hydrogen-bond acceptors (Lipinski definition) is 6. The number of benzene rings is 1. The van der Waals surface area contributed by atoms with Gasteiger partial charge in [-0.05, 0) is 86.7 Å². The number of carbonyl (C=O) groups excluding carboxylic acids is 1. The molecular weight excluding hydrogens is 480 g/mol. The average Bonchev–Trinajstić information content (AvgIpc) is 3.76. The van der Waals surface area contributed by atoms with E-state index in [9.17, 15) is 14.7 Å². The molecule has 2 aromatic heterocycles. The molecule has 8 nitrogen and oxygen atoms in total. The lowest BCUT2D eigenvalue weighted by atomic mass is 9.88. The second kappa shape index (κ2) is 10.8. The summed E-state index contributed by atoms with van der Waals surface area (Å²) in [4.78, 5) is 34.0. The molecule has 3 aliphatic rings. The number of phenolic OH excluding ortho intramolecular Hbond substituents is 1. The van der Waals surface area contributed by atoms with Crippen molar-refractivity contribution in [2.45, 2.75) is 69.7 Å². The normalized spacial score (nSPS) is 20.4. The summed E-state index contributed by atoms with van der Waals surface area (Å²) in [5.41, 5.74) is 2.18. The molecule has 1 aliphatic heterocycles. The van der Waals surface area contributed by atoms with Crippen molar-refractivity contribution in [1.82, 2.24) is 20.6 Å². The topological polar surface area (TPSA) is 116 Å². The highest BCUT2D eigenvalue weighted by Gasteiger charge is 2.26. The van der Waals surface area contributed by atoms with E-state index in [1.165, 1.54) is 19.3 Å². The number of pyridine rings is 2. The Kier molecular flexibility index (Phi) is 7.06. The highest BCUT2D eigenvalue weighted by atomic mass is 16.5. The summed E-state index contributed by atoms with van der Waals surface area (Å²) in [5, 5.41) is 18.2. The predicted octanol–water partition coefficient (Wildman–Crippen LogP) is 4.61. The van der Waals surface area contributed by atoms with Crippen LogP contribution in [0.1, 0.15) is 79.6 Å². The third-order valence-corrected chi connectivity index (χ3v) is 8.21. The Morgan fingerprint density at radius 3 is 2.68 bits per heavy atom. The van der Waals surface area contributed by atoms with Gasteiger partial charge in [0, 0.05) is 18.0 Å². The van der Waals surface area contributed by atoms with Crippen LogP contribution in [-0.2, 0) is 0 Å². The lowest BCUT2D eigenvalue weighted by molar-refractivity contribution is 0.0926. The molecule has 1 aromatic carbocycles. The van der Waals surface area contributed by atoms with Crippen LogP contribution in [0.4, 0.5) is 0 Å². The van der Waals surface area contributed by atoms with Crippen molar-refractivity contribution in [3.8, 4) is 22.8 Å². The fourth-order valence-electron chi connectivity index (χ4n) is 5.86. The molecule has 8 heteroatoms. The highest BCUT2D eigenvalue weighted by Crippen LogP contribution is 2.41. The summed E-state index contributed by atoms with van der Waals surface area (Å²) in [7, 11) is 0. The van der Waals surface area contributed by atoms with E-state index in [1.807, 2.05) is 12.1 Å². The monoisotopic (exact) mass is 516 g/mol. The van der Waals surface area contributed by atoms with Crippen molar-refractivity contribution >= 4 is 16.9 Å². The first kappa shape index (κ1) is 24.9. The highest BCUT2D eigenvalue weighted by molar-refractivity contribution is 5.98. The molecule has 6 rings (SSSR count). The van der Waals surface area contributed by atoms with Crippen LogP contribution in [0.5, 0.6) is 11.5 Å². The summed E-state index contributed by atoms with van der Waals surface area (Å²) in [6.45, 7) is 2.38. The molecule has 2 saturated carbocycles.